The number of ether oxygens (including phenoxy) is 1. The molecule has 146 valence electrons. The van der Waals surface area contributed by atoms with Gasteiger partial charge in [0.2, 0.25) is 0 Å². The van der Waals surface area contributed by atoms with Gasteiger partial charge in [0.15, 0.2) is 5.96 Å². The highest BCUT2D eigenvalue weighted by molar-refractivity contribution is 5.79. The van der Waals surface area contributed by atoms with Gasteiger partial charge in [-0.2, -0.15) is 0 Å². The quantitative estimate of drug-likeness (QED) is 0.535. The van der Waals surface area contributed by atoms with Crippen LogP contribution in [0.3, 0.4) is 0 Å². The van der Waals surface area contributed by atoms with Gasteiger partial charge in [0, 0.05) is 38.3 Å². The molecule has 2 unspecified atom stereocenters. The van der Waals surface area contributed by atoms with Gasteiger partial charge in [-0.15, -0.1) is 0 Å². The van der Waals surface area contributed by atoms with Crippen LogP contribution >= 0.6 is 0 Å². The van der Waals surface area contributed by atoms with Crippen LogP contribution in [0.4, 0.5) is 0 Å². The molecular formula is C19H39N5O. The smallest absolute Gasteiger partial charge is 0.191 e. The molecule has 0 bridgehead atoms. The Kier molecular flexibility index (Phi) is 8.99. The van der Waals surface area contributed by atoms with Crippen LogP contribution in [0.2, 0.25) is 0 Å². The molecule has 0 saturated carbocycles. The average molecular weight is 354 g/mol. The first kappa shape index (κ1) is 20.5. The van der Waals surface area contributed by atoms with Crippen LogP contribution in [0.1, 0.15) is 40.5 Å². The number of rotatable bonds is 7. The van der Waals surface area contributed by atoms with Gasteiger partial charge in [0.1, 0.15) is 0 Å². The van der Waals surface area contributed by atoms with Gasteiger partial charge in [-0.1, -0.05) is 6.92 Å². The third kappa shape index (κ3) is 7.12. The van der Waals surface area contributed by atoms with Crippen molar-refractivity contribution in [1.29, 1.82) is 0 Å². The minimum absolute atomic E-state index is 0.459. The Bertz CT molecular complexity index is 389. The third-order valence-corrected chi connectivity index (χ3v) is 5.53. The van der Waals surface area contributed by atoms with Crippen LogP contribution < -0.4 is 10.6 Å². The first-order valence-corrected chi connectivity index (χ1v) is 10.2. The van der Waals surface area contributed by atoms with Crippen molar-refractivity contribution in [1.82, 2.24) is 20.4 Å². The summed E-state index contributed by atoms with van der Waals surface area (Å²) in [5, 5.41) is 6.92. The molecule has 2 N–H and O–H groups in total. The molecule has 2 fully saturated rings. The largest absolute Gasteiger partial charge is 0.379 e. The summed E-state index contributed by atoms with van der Waals surface area (Å²) in [6.07, 6.45) is 2.66. The van der Waals surface area contributed by atoms with Gasteiger partial charge < -0.3 is 15.4 Å². The lowest BCUT2D eigenvalue weighted by Crippen LogP contribution is -2.48. The third-order valence-electron chi connectivity index (χ3n) is 5.53. The van der Waals surface area contributed by atoms with Crippen LogP contribution in [-0.4, -0.2) is 86.9 Å². The lowest BCUT2D eigenvalue weighted by Gasteiger charge is -2.35. The normalized spacial score (nSPS) is 24.1. The van der Waals surface area contributed by atoms with E-state index in [-0.39, 0.29) is 0 Å². The van der Waals surface area contributed by atoms with Gasteiger partial charge in [-0.05, 0) is 52.6 Å². The molecule has 2 heterocycles. The number of hydrogen-bond acceptors (Lipinski definition) is 4. The number of guanidine groups is 1. The molecule has 0 aromatic carbocycles. The second-order valence-electron chi connectivity index (χ2n) is 7.67. The second-order valence-corrected chi connectivity index (χ2v) is 7.67. The van der Waals surface area contributed by atoms with Crippen LogP contribution in [0.5, 0.6) is 0 Å². The van der Waals surface area contributed by atoms with E-state index >= 15 is 0 Å². The Morgan fingerprint density at radius 2 is 1.68 bits per heavy atom. The molecular weight excluding hydrogens is 314 g/mol. The predicted octanol–water partition coefficient (Wildman–Crippen LogP) is 1.38. The standard InChI is InChI=1S/C19H39N5O/c1-5-20-19(22-15-18(4)24-10-12-25-13-11-24)21-14-17(3)23-8-6-16(2)7-9-23/h16-18H,5-15H2,1-4H3,(H2,20,21,22). The van der Waals surface area contributed by atoms with Crippen molar-refractivity contribution >= 4 is 5.96 Å². The Morgan fingerprint density at radius 1 is 1.04 bits per heavy atom. The van der Waals surface area contributed by atoms with E-state index in [4.69, 9.17) is 9.73 Å². The van der Waals surface area contributed by atoms with Crippen LogP contribution in [0.15, 0.2) is 4.99 Å². The molecule has 2 aliphatic rings. The molecule has 0 aliphatic carbocycles. The van der Waals surface area contributed by atoms with Crippen LogP contribution in [0, 0.1) is 5.92 Å². The maximum Gasteiger partial charge on any atom is 0.191 e. The number of nitrogens with one attached hydrogen (secondary N) is 2. The lowest BCUT2D eigenvalue weighted by atomic mass is 9.98. The zero-order valence-electron chi connectivity index (χ0n) is 16.8. The second kappa shape index (κ2) is 11.0. The Balaban J connectivity index is 1.76. The zero-order valence-corrected chi connectivity index (χ0v) is 16.8. The van der Waals surface area contributed by atoms with Crippen molar-refractivity contribution in [2.75, 3.05) is 59.0 Å². The van der Waals surface area contributed by atoms with Gasteiger partial charge in [0.25, 0.3) is 0 Å². The van der Waals surface area contributed by atoms with E-state index in [1.54, 1.807) is 0 Å². The average Bonchev–Trinajstić information content (AvgIpc) is 2.64. The van der Waals surface area contributed by atoms with E-state index in [2.05, 4.69) is 48.1 Å². The first-order chi connectivity index (χ1) is 12.1. The van der Waals surface area contributed by atoms with E-state index < -0.39 is 0 Å². The van der Waals surface area contributed by atoms with E-state index in [0.29, 0.717) is 12.1 Å². The van der Waals surface area contributed by atoms with Crippen molar-refractivity contribution in [2.24, 2.45) is 10.9 Å². The van der Waals surface area contributed by atoms with E-state index in [0.717, 1.165) is 57.8 Å². The Hall–Kier alpha value is -0.850. The highest BCUT2D eigenvalue weighted by atomic mass is 16.5. The summed E-state index contributed by atoms with van der Waals surface area (Å²) in [6, 6.07) is 1.01. The Morgan fingerprint density at radius 3 is 2.32 bits per heavy atom. The number of aliphatic imine (C=N–C) groups is 1. The predicted molar refractivity (Wildman–Crippen MR) is 105 cm³/mol. The van der Waals surface area contributed by atoms with Crippen LogP contribution in [0.25, 0.3) is 0 Å². The molecule has 0 aromatic heterocycles. The molecule has 2 aliphatic heterocycles. The van der Waals surface area contributed by atoms with Gasteiger partial charge in [-0.3, -0.25) is 14.8 Å². The summed E-state index contributed by atoms with van der Waals surface area (Å²) in [7, 11) is 0. The molecule has 2 saturated heterocycles. The van der Waals surface area contributed by atoms with Crippen molar-refractivity contribution in [3.05, 3.63) is 0 Å². The summed E-state index contributed by atoms with van der Waals surface area (Å²) in [4.78, 5) is 9.88. The minimum Gasteiger partial charge on any atom is -0.379 e. The fourth-order valence-electron chi connectivity index (χ4n) is 3.54. The number of hydrogen-bond donors (Lipinski definition) is 2. The zero-order chi connectivity index (χ0) is 18.1. The first-order valence-electron chi connectivity index (χ1n) is 10.2. The van der Waals surface area contributed by atoms with Gasteiger partial charge in [-0.25, -0.2) is 0 Å². The highest BCUT2D eigenvalue weighted by Gasteiger charge is 2.20. The van der Waals surface area contributed by atoms with Crippen molar-refractivity contribution in [3.8, 4) is 0 Å². The minimum atomic E-state index is 0.459. The summed E-state index contributed by atoms with van der Waals surface area (Å²) < 4.78 is 5.44. The lowest BCUT2D eigenvalue weighted by molar-refractivity contribution is 0.0220. The molecule has 2 atom stereocenters. The van der Waals surface area contributed by atoms with Crippen molar-refractivity contribution < 1.29 is 4.74 Å². The van der Waals surface area contributed by atoms with Crippen molar-refractivity contribution in [2.45, 2.75) is 52.6 Å². The van der Waals surface area contributed by atoms with E-state index in [1.807, 2.05) is 0 Å². The highest BCUT2D eigenvalue weighted by Crippen LogP contribution is 2.17. The van der Waals surface area contributed by atoms with Crippen LogP contribution in [-0.2, 0) is 4.74 Å². The molecule has 0 aromatic rings. The SMILES string of the molecule is CCNC(=NCC(C)N1CCOCC1)NCC(C)N1CCC(C)CC1. The number of nitrogens with zero attached hydrogens (tertiary/aromatic N) is 3. The van der Waals surface area contributed by atoms with Gasteiger partial charge >= 0.3 is 0 Å². The monoisotopic (exact) mass is 353 g/mol. The molecule has 6 nitrogen and oxygen atoms in total. The molecule has 25 heavy (non-hydrogen) atoms. The Labute approximate surface area is 154 Å². The fourth-order valence-corrected chi connectivity index (χ4v) is 3.54. The summed E-state index contributed by atoms with van der Waals surface area (Å²) >= 11 is 0. The van der Waals surface area contributed by atoms with E-state index in [9.17, 15) is 0 Å². The summed E-state index contributed by atoms with van der Waals surface area (Å²) in [5.41, 5.74) is 0. The molecule has 2 rings (SSSR count). The molecule has 0 amide bonds. The summed E-state index contributed by atoms with van der Waals surface area (Å²) in [6.45, 7) is 17.9. The maximum absolute atomic E-state index is 5.44. The number of piperidine rings is 1. The molecule has 0 spiro atoms. The summed E-state index contributed by atoms with van der Waals surface area (Å²) in [5.74, 6) is 1.83. The fraction of sp³-hybridized carbons (Fsp3) is 0.947. The molecule has 0 radical (unpaired) electrons. The van der Waals surface area contributed by atoms with Crippen molar-refractivity contribution in [3.63, 3.8) is 0 Å². The topological polar surface area (TPSA) is 52.1 Å². The van der Waals surface area contributed by atoms with E-state index in [1.165, 1.54) is 25.9 Å². The maximum atomic E-state index is 5.44. The number of morpholine rings is 1. The molecule has 6 heteroatoms. The number of likely N-dealkylation sites (tertiary alicyclic amines) is 1. The van der Waals surface area contributed by atoms with Gasteiger partial charge in [0.05, 0.1) is 19.8 Å².